The summed E-state index contributed by atoms with van der Waals surface area (Å²) in [7, 11) is -0.374. The number of halogens is 1. The third-order valence-corrected chi connectivity index (χ3v) is 6.65. The Balaban J connectivity index is 2.31. The summed E-state index contributed by atoms with van der Waals surface area (Å²) in [6.07, 6.45) is 4.20. The summed E-state index contributed by atoms with van der Waals surface area (Å²) in [4.78, 5) is 5.02. The topological polar surface area (TPSA) is 33.1 Å². The first kappa shape index (κ1) is 19.8. The van der Waals surface area contributed by atoms with Gasteiger partial charge in [0.1, 0.15) is 5.82 Å². The Morgan fingerprint density at radius 3 is 2.00 bits per heavy atom. The largest absolute Gasteiger partial charge is 0.392 e. The molecule has 4 heteroatoms. The van der Waals surface area contributed by atoms with Gasteiger partial charge in [-0.05, 0) is 51.5 Å². The van der Waals surface area contributed by atoms with Crippen molar-refractivity contribution in [2.45, 2.75) is 51.9 Å². The molecule has 0 saturated carbocycles. The minimum atomic E-state index is -0.374. The van der Waals surface area contributed by atoms with E-state index >= 15 is 0 Å². The Morgan fingerprint density at radius 2 is 1.48 bits per heavy atom. The maximum Gasteiger partial charge on any atom is 0.123 e. The van der Waals surface area contributed by atoms with Gasteiger partial charge in [0.25, 0.3) is 0 Å². The standard InChI is InChI=1S/C23H28FNOS/c1-15(2)22-19(13-26)21(17-7-9-18(24)10-8-17)20(23(25-22)16(3)4)14-27-11-5-6-12-27/h5-12,15-16,26-27H,13-14H2,1-4H3. The Bertz CT molecular complexity index is 857. The molecule has 0 atom stereocenters. The second-order valence-electron chi connectivity index (χ2n) is 7.54. The lowest BCUT2D eigenvalue weighted by atomic mass is 9.88. The molecule has 1 N–H and O–H groups in total. The van der Waals surface area contributed by atoms with Crippen molar-refractivity contribution in [1.82, 2.24) is 4.98 Å². The molecular weight excluding hydrogens is 357 g/mol. The summed E-state index contributed by atoms with van der Waals surface area (Å²) in [6.45, 7) is 8.47. The van der Waals surface area contributed by atoms with Gasteiger partial charge in [0, 0.05) is 22.7 Å². The lowest BCUT2D eigenvalue weighted by Crippen LogP contribution is -2.12. The molecule has 27 heavy (non-hydrogen) atoms. The zero-order valence-corrected chi connectivity index (χ0v) is 17.3. The summed E-state index contributed by atoms with van der Waals surface area (Å²) >= 11 is 0. The normalized spacial score (nSPS) is 14.7. The summed E-state index contributed by atoms with van der Waals surface area (Å²) < 4.78 is 13.6. The molecule has 1 aromatic carbocycles. The minimum Gasteiger partial charge on any atom is -0.392 e. The molecule has 0 saturated heterocycles. The molecule has 2 nitrogen and oxygen atoms in total. The third-order valence-electron chi connectivity index (χ3n) is 4.85. The van der Waals surface area contributed by atoms with Gasteiger partial charge in [-0.2, -0.15) is 0 Å². The SMILES string of the molecule is CC(C)c1nc(C(C)C)c(C[SH]2C=CC=C2)c(-c2ccc(F)cc2)c1CO. The van der Waals surface area contributed by atoms with Crippen molar-refractivity contribution in [2.24, 2.45) is 0 Å². The van der Waals surface area contributed by atoms with Crippen LogP contribution in [0.1, 0.15) is 62.0 Å². The monoisotopic (exact) mass is 385 g/mol. The number of pyridine rings is 1. The van der Waals surface area contributed by atoms with Crippen LogP contribution in [-0.4, -0.2) is 10.1 Å². The van der Waals surface area contributed by atoms with Crippen molar-refractivity contribution in [3.05, 3.63) is 75.6 Å². The average molecular weight is 386 g/mol. The predicted octanol–water partition coefficient (Wildman–Crippen LogP) is 6.17. The number of hydrogen-bond donors (Lipinski definition) is 2. The molecule has 1 aliphatic heterocycles. The lowest BCUT2D eigenvalue weighted by molar-refractivity contribution is 0.279. The van der Waals surface area contributed by atoms with E-state index in [-0.39, 0.29) is 35.2 Å². The summed E-state index contributed by atoms with van der Waals surface area (Å²) in [5.41, 5.74) is 6.08. The van der Waals surface area contributed by atoms with E-state index in [1.54, 1.807) is 0 Å². The van der Waals surface area contributed by atoms with E-state index in [1.165, 1.54) is 17.7 Å². The van der Waals surface area contributed by atoms with Crippen LogP contribution in [-0.2, 0) is 12.4 Å². The molecular formula is C23H28FNOS. The lowest BCUT2D eigenvalue weighted by Gasteiger charge is -2.25. The van der Waals surface area contributed by atoms with Crippen LogP contribution in [0.2, 0.25) is 0 Å². The fourth-order valence-electron chi connectivity index (χ4n) is 3.60. The maximum absolute atomic E-state index is 13.6. The molecule has 1 aromatic heterocycles. The van der Waals surface area contributed by atoms with Gasteiger partial charge in [-0.3, -0.25) is 4.98 Å². The molecule has 0 spiro atoms. The highest BCUT2D eigenvalue weighted by molar-refractivity contribution is 8.21. The van der Waals surface area contributed by atoms with E-state index in [9.17, 15) is 9.50 Å². The molecule has 0 aliphatic carbocycles. The third kappa shape index (κ3) is 4.17. The second kappa shape index (κ2) is 8.41. The van der Waals surface area contributed by atoms with Crippen molar-refractivity contribution in [2.75, 3.05) is 0 Å². The first-order chi connectivity index (χ1) is 12.9. The number of thiol groups is 1. The second-order valence-corrected chi connectivity index (χ2v) is 9.49. The summed E-state index contributed by atoms with van der Waals surface area (Å²) in [6, 6.07) is 6.61. The van der Waals surface area contributed by atoms with Gasteiger partial charge < -0.3 is 5.11 Å². The molecule has 0 unspecified atom stereocenters. The zero-order valence-electron chi connectivity index (χ0n) is 16.4. The van der Waals surface area contributed by atoms with Crippen LogP contribution < -0.4 is 0 Å². The van der Waals surface area contributed by atoms with Gasteiger partial charge >= 0.3 is 0 Å². The number of allylic oxidation sites excluding steroid dienone is 2. The summed E-state index contributed by atoms with van der Waals surface area (Å²) in [5, 5.41) is 14.7. The number of rotatable bonds is 6. The van der Waals surface area contributed by atoms with E-state index in [0.29, 0.717) is 0 Å². The fraction of sp³-hybridized carbons (Fsp3) is 0.348. The number of aliphatic hydroxyl groups is 1. The zero-order chi connectivity index (χ0) is 19.6. The highest BCUT2D eigenvalue weighted by atomic mass is 32.2. The van der Waals surface area contributed by atoms with Crippen LogP contribution in [0.4, 0.5) is 4.39 Å². The number of benzene rings is 1. The Hall–Kier alpha value is -1.91. The molecule has 144 valence electrons. The van der Waals surface area contributed by atoms with Crippen molar-refractivity contribution < 1.29 is 9.50 Å². The predicted molar refractivity (Wildman–Crippen MR) is 115 cm³/mol. The summed E-state index contributed by atoms with van der Waals surface area (Å²) in [5.74, 6) is 1.12. The minimum absolute atomic E-state index is 0.0673. The molecule has 3 rings (SSSR count). The van der Waals surface area contributed by atoms with Crippen molar-refractivity contribution >= 4 is 10.9 Å². The molecule has 0 fully saturated rings. The smallest absolute Gasteiger partial charge is 0.123 e. The fourth-order valence-corrected chi connectivity index (χ4v) is 5.24. The van der Waals surface area contributed by atoms with Crippen molar-refractivity contribution in [3.8, 4) is 11.1 Å². The Labute approximate surface area is 164 Å². The molecule has 0 radical (unpaired) electrons. The number of aliphatic hydroxyl groups excluding tert-OH is 1. The van der Waals surface area contributed by atoms with Gasteiger partial charge in [0.05, 0.1) is 6.61 Å². The van der Waals surface area contributed by atoms with Crippen molar-refractivity contribution in [1.29, 1.82) is 0 Å². The van der Waals surface area contributed by atoms with Gasteiger partial charge in [-0.15, -0.1) is 0 Å². The molecule has 2 heterocycles. The Kier molecular flexibility index (Phi) is 6.18. The quantitative estimate of drug-likeness (QED) is 0.583. The molecule has 2 aromatic rings. The first-order valence-electron chi connectivity index (χ1n) is 9.45. The van der Waals surface area contributed by atoms with E-state index in [4.69, 9.17) is 4.98 Å². The van der Waals surface area contributed by atoms with Gasteiger partial charge in [-0.1, -0.05) is 52.0 Å². The number of aromatic nitrogens is 1. The van der Waals surface area contributed by atoms with Crippen LogP contribution in [0.25, 0.3) is 11.1 Å². The van der Waals surface area contributed by atoms with Crippen LogP contribution in [0.5, 0.6) is 0 Å². The van der Waals surface area contributed by atoms with E-state index in [2.05, 4.69) is 50.7 Å². The van der Waals surface area contributed by atoms with Gasteiger partial charge in [0.15, 0.2) is 0 Å². The van der Waals surface area contributed by atoms with E-state index in [1.807, 2.05) is 12.1 Å². The maximum atomic E-state index is 13.6. The van der Waals surface area contributed by atoms with Crippen LogP contribution in [0.15, 0.2) is 47.2 Å². The number of nitrogens with zero attached hydrogens (tertiary/aromatic N) is 1. The average Bonchev–Trinajstić information content (AvgIpc) is 3.14. The van der Waals surface area contributed by atoms with Crippen LogP contribution in [0, 0.1) is 5.82 Å². The molecule has 0 bridgehead atoms. The molecule has 1 aliphatic rings. The van der Waals surface area contributed by atoms with Gasteiger partial charge in [0.2, 0.25) is 0 Å². The highest BCUT2D eigenvalue weighted by Gasteiger charge is 2.24. The Morgan fingerprint density at radius 1 is 0.926 bits per heavy atom. The van der Waals surface area contributed by atoms with Crippen LogP contribution >= 0.6 is 10.9 Å². The first-order valence-corrected chi connectivity index (χ1v) is 11.1. The molecule has 0 amide bonds. The highest BCUT2D eigenvalue weighted by Crippen LogP contribution is 2.44. The van der Waals surface area contributed by atoms with E-state index in [0.717, 1.165) is 33.8 Å². The van der Waals surface area contributed by atoms with Crippen LogP contribution in [0.3, 0.4) is 0 Å². The van der Waals surface area contributed by atoms with Gasteiger partial charge in [-0.25, -0.2) is 15.3 Å². The van der Waals surface area contributed by atoms with Crippen molar-refractivity contribution in [3.63, 3.8) is 0 Å². The van der Waals surface area contributed by atoms with E-state index < -0.39 is 0 Å². The number of hydrogen-bond acceptors (Lipinski definition) is 2.